The SMILES string of the molecule is COc1ccc(C(=O)Nc2ccc(-c3nc4cc(C(C)C)ccc4o3)cc2)cc1Cl. The Hall–Kier alpha value is -3.31. The van der Waals surface area contributed by atoms with Crippen molar-refractivity contribution in [3.63, 3.8) is 0 Å². The van der Waals surface area contributed by atoms with Crippen LogP contribution in [0.15, 0.2) is 65.1 Å². The number of aromatic nitrogens is 1. The van der Waals surface area contributed by atoms with Crippen LogP contribution in [-0.4, -0.2) is 18.0 Å². The van der Waals surface area contributed by atoms with E-state index in [4.69, 9.17) is 20.8 Å². The Morgan fingerprint density at radius 3 is 2.50 bits per heavy atom. The van der Waals surface area contributed by atoms with Crippen molar-refractivity contribution in [2.45, 2.75) is 19.8 Å². The molecule has 0 bridgehead atoms. The van der Waals surface area contributed by atoms with Crippen LogP contribution in [0.5, 0.6) is 5.75 Å². The van der Waals surface area contributed by atoms with Gasteiger partial charge in [0.25, 0.3) is 5.91 Å². The number of nitrogens with zero attached hydrogens (tertiary/aromatic N) is 1. The van der Waals surface area contributed by atoms with Gasteiger partial charge in [0.2, 0.25) is 5.89 Å². The second kappa shape index (κ2) is 8.20. The van der Waals surface area contributed by atoms with Crippen molar-refractivity contribution in [1.29, 1.82) is 0 Å². The lowest BCUT2D eigenvalue weighted by Gasteiger charge is -2.08. The van der Waals surface area contributed by atoms with Gasteiger partial charge >= 0.3 is 0 Å². The molecule has 0 fully saturated rings. The molecule has 0 radical (unpaired) electrons. The predicted molar refractivity (Wildman–Crippen MR) is 119 cm³/mol. The number of carbonyl (C=O) groups is 1. The summed E-state index contributed by atoms with van der Waals surface area (Å²) in [7, 11) is 1.53. The highest BCUT2D eigenvalue weighted by molar-refractivity contribution is 6.32. The molecular weight excluding hydrogens is 400 g/mol. The minimum Gasteiger partial charge on any atom is -0.495 e. The number of carbonyl (C=O) groups excluding carboxylic acids is 1. The van der Waals surface area contributed by atoms with Gasteiger partial charge in [-0.05, 0) is 66.1 Å². The number of hydrogen-bond donors (Lipinski definition) is 1. The molecule has 6 heteroatoms. The van der Waals surface area contributed by atoms with Gasteiger partial charge in [-0.1, -0.05) is 31.5 Å². The molecule has 0 saturated heterocycles. The molecule has 1 heterocycles. The van der Waals surface area contributed by atoms with E-state index < -0.39 is 0 Å². The Balaban J connectivity index is 1.52. The smallest absolute Gasteiger partial charge is 0.255 e. The average Bonchev–Trinajstić information content (AvgIpc) is 3.17. The van der Waals surface area contributed by atoms with Crippen molar-refractivity contribution in [2.24, 2.45) is 0 Å². The summed E-state index contributed by atoms with van der Waals surface area (Å²) in [6, 6.07) is 18.3. The van der Waals surface area contributed by atoms with Crippen LogP contribution >= 0.6 is 11.6 Å². The van der Waals surface area contributed by atoms with Crippen LogP contribution < -0.4 is 10.1 Å². The number of oxazole rings is 1. The zero-order valence-corrected chi connectivity index (χ0v) is 17.7. The lowest BCUT2D eigenvalue weighted by Crippen LogP contribution is -2.11. The van der Waals surface area contributed by atoms with E-state index in [0.717, 1.165) is 16.7 Å². The summed E-state index contributed by atoms with van der Waals surface area (Å²) in [5.74, 6) is 1.25. The molecule has 0 saturated carbocycles. The third-order valence-corrected chi connectivity index (χ3v) is 5.18. The van der Waals surface area contributed by atoms with E-state index in [0.29, 0.717) is 33.8 Å². The number of hydrogen-bond acceptors (Lipinski definition) is 4. The van der Waals surface area contributed by atoms with Crippen LogP contribution in [0.4, 0.5) is 5.69 Å². The van der Waals surface area contributed by atoms with Gasteiger partial charge in [-0.3, -0.25) is 4.79 Å². The molecule has 5 nitrogen and oxygen atoms in total. The third kappa shape index (κ3) is 4.02. The largest absolute Gasteiger partial charge is 0.495 e. The zero-order chi connectivity index (χ0) is 21.3. The molecule has 0 atom stereocenters. The molecule has 0 unspecified atom stereocenters. The normalized spacial score (nSPS) is 11.1. The Labute approximate surface area is 179 Å². The monoisotopic (exact) mass is 420 g/mol. The number of methoxy groups -OCH3 is 1. The standard InChI is InChI=1S/C24H21ClN2O3/c1-14(2)16-6-11-22-20(13-16)27-24(30-22)15-4-8-18(9-5-15)26-23(28)17-7-10-21(29-3)19(25)12-17/h4-14H,1-3H3,(H,26,28). The van der Waals surface area contributed by atoms with Crippen molar-refractivity contribution in [3.8, 4) is 17.2 Å². The maximum absolute atomic E-state index is 12.5. The first-order valence-corrected chi connectivity index (χ1v) is 9.98. The Morgan fingerprint density at radius 1 is 1.07 bits per heavy atom. The molecule has 1 amide bonds. The van der Waals surface area contributed by atoms with Gasteiger partial charge in [0.05, 0.1) is 12.1 Å². The molecule has 0 aliphatic rings. The second-order valence-corrected chi connectivity index (χ2v) is 7.69. The molecule has 0 spiro atoms. The summed E-state index contributed by atoms with van der Waals surface area (Å²) in [5, 5.41) is 3.24. The van der Waals surface area contributed by atoms with E-state index in [1.54, 1.807) is 18.2 Å². The summed E-state index contributed by atoms with van der Waals surface area (Å²) in [6.07, 6.45) is 0. The van der Waals surface area contributed by atoms with Crippen LogP contribution in [0.1, 0.15) is 35.7 Å². The van der Waals surface area contributed by atoms with Crippen LogP contribution in [0.25, 0.3) is 22.6 Å². The summed E-state index contributed by atoms with van der Waals surface area (Å²) in [4.78, 5) is 17.1. The number of benzene rings is 3. The van der Waals surface area contributed by atoms with Gasteiger partial charge in [-0.25, -0.2) is 4.98 Å². The van der Waals surface area contributed by atoms with E-state index in [-0.39, 0.29) is 5.91 Å². The van der Waals surface area contributed by atoms with Crippen molar-refractivity contribution >= 4 is 34.3 Å². The molecule has 4 rings (SSSR count). The fraction of sp³-hybridized carbons (Fsp3) is 0.167. The van der Waals surface area contributed by atoms with Crippen molar-refractivity contribution in [2.75, 3.05) is 12.4 Å². The summed E-state index contributed by atoms with van der Waals surface area (Å²) in [6.45, 7) is 4.30. The molecule has 152 valence electrons. The second-order valence-electron chi connectivity index (χ2n) is 7.28. The van der Waals surface area contributed by atoms with Crippen molar-refractivity contribution < 1.29 is 13.9 Å². The molecule has 0 aliphatic heterocycles. The molecule has 1 aromatic heterocycles. The Morgan fingerprint density at radius 2 is 1.83 bits per heavy atom. The Kier molecular flexibility index (Phi) is 5.46. The van der Waals surface area contributed by atoms with Gasteiger partial charge in [0.15, 0.2) is 5.58 Å². The Bertz CT molecular complexity index is 1210. The van der Waals surface area contributed by atoms with E-state index in [1.807, 2.05) is 30.3 Å². The van der Waals surface area contributed by atoms with Gasteiger partial charge in [-0.15, -0.1) is 0 Å². The average molecular weight is 421 g/mol. The zero-order valence-electron chi connectivity index (χ0n) is 16.9. The maximum atomic E-state index is 12.5. The molecule has 1 N–H and O–H groups in total. The van der Waals surface area contributed by atoms with Crippen LogP contribution in [0.3, 0.4) is 0 Å². The quantitative estimate of drug-likeness (QED) is 0.398. The first-order valence-electron chi connectivity index (χ1n) is 9.60. The first-order chi connectivity index (χ1) is 14.4. The number of anilines is 1. The summed E-state index contributed by atoms with van der Waals surface area (Å²) >= 11 is 6.10. The minimum atomic E-state index is -0.254. The number of rotatable bonds is 5. The molecule has 4 aromatic rings. The van der Waals surface area contributed by atoms with E-state index in [1.165, 1.54) is 12.7 Å². The predicted octanol–water partition coefficient (Wildman–Crippen LogP) is 6.53. The van der Waals surface area contributed by atoms with E-state index in [9.17, 15) is 4.79 Å². The lowest BCUT2D eigenvalue weighted by atomic mass is 10.0. The fourth-order valence-electron chi connectivity index (χ4n) is 3.13. The first kappa shape index (κ1) is 20.0. The fourth-order valence-corrected chi connectivity index (χ4v) is 3.39. The molecule has 30 heavy (non-hydrogen) atoms. The topological polar surface area (TPSA) is 64.4 Å². The van der Waals surface area contributed by atoms with Crippen LogP contribution in [0.2, 0.25) is 5.02 Å². The van der Waals surface area contributed by atoms with Gasteiger partial charge in [-0.2, -0.15) is 0 Å². The third-order valence-electron chi connectivity index (χ3n) is 4.88. The van der Waals surface area contributed by atoms with Crippen molar-refractivity contribution in [1.82, 2.24) is 4.98 Å². The maximum Gasteiger partial charge on any atom is 0.255 e. The highest BCUT2D eigenvalue weighted by Crippen LogP contribution is 2.28. The lowest BCUT2D eigenvalue weighted by molar-refractivity contribution is 0.102. The van der Waals surface area contributed by atoms with Crippen LogP contribution in [-0.2, 0) is 0 Å². The summed E-state index contributed by atoms with van der Waals surface area (Å²) < 4.78 is 11.0. The van der Waals surface area contributed by atoms with Gasteiger partial charge in [0, 0.05) is 16.8 Å². The number of nitrogens with one attached hydrogen (secondary N) is 1. The minimum absolute atomic E-state index is 0.254. The number of fused-ring (bicyclic) bond motifs is 1. The van der Waals surface area contributed by atoms with Gasteiger partial charge < -0.3 is 14.5 Å². The van der Waals surface area contributed by atoms with E-state index >= 15 is 0 Å². The van der Waals surface area contributed by atoms with Gasteiger partial charge in [0.1, 0.15) is 11.3 Å². The van der Waals surface area contributed by atoms with Crippen molar-refractivity contribution in [3.05, 3.63) is 76.8 Å². The summed E-state index contributed by atoms with van der Waals surface area (Å²) in [5.41, 5.74) is 4.76. The number of halogens is 1. The number of ether oxygens (including phenoxy) is 1. The molecule has 3 aromatic carbocycles. The molecule has 0 aliphatic carbocycles. The van der Waals surface area contributed by atoms with E-state index in [2.05, 4.69) is 36.3 Å². The highest BCUT2D eigenvalue weighted by Gasteiger charge is 2.12. The molecular formula is C24H21ClN2O3. The van der Waals surface area contributed by atoms with Crippen LogP contribution in [0, 0.1) is 0 Å². The highest BCUT2D eigenvalue weighted by atomic mass is 35.5. The number of amides is 1.